The van der Waals surface area contributed by atoms with Crippen LogP contribution in [0.5, 0.6) is 0 Å². The number of hydroxylamine groups is 1. The standard InChI is InChI=1S/C18H18F3NO/c1-17(2,12-14-6-4-3-5-7-14)22(23)13-15-8-10-16(11-9-15)18(19,20)21/h3-11,13H,12H2,1-2H3/b22-13+. The molecule has 0 fully saturated rings. The molecule has 0 aromatic heterocycles. The van der Waals surface area contributed by atoms with E-state index in [4.69, 9.17) is 0 Å². The van der Waals surface area contributed by atoms with Crippen LogP contribution in [-0.4, -0.2) is 16.5 Å². The van der Waals surface area contributed by atoms with Gasteiger partial charge in [-0.05, 0) is 29.8 Å². The van der Waals surface area contributed by atoms with Gasteiger partial charge in [0.15, 0.2) is 11.8 Å². The smallest absolute Gasteiger partial charge is 0.416 e. The predicted octanol–water partition coefficient (Wildman–Crippen LogP) is 4.66. The normalized spacial score (nSPS) is 13.2. The van der Waals surface area contributed by atoms with E-state index in [1.807, 2.05) is 30.3 Å². The van der Waals surface area contributed by atoms with E-state index in [1.165, 1.54) is 18.3 Å². The van der Waals surface area contributed by atoms with Crippen molar-refractivity contribution in [1.82, 2.24) is 0 Å². The maximum absolute atomic E-state index is 12.5. The molecule has 122 valence electrons. The second kappa shape index (κ2) is 6.44. The second-order valence-electron chi connectivity index (χ2n) is 6.05. The lowest BCUT2D eigenvalue weighted by atomic mass is 9.95. The Bertz CT molecular complexity index is 674. The molecule has 5 heteroatoms. The van der Waals surface area contributed by atoms with Crippen molar-refractivity contribution in [2.45, 2.75) is 32.0 Å². The molecule has 2 rings (SSSR count). The highest BCUT2D eigenvalue weighted by Gasteiger charge is 2.30. The Kier molecular flexibility index (Phi) is 4.78. The number of nitrogens with zero attached hydrogens (tertiary/aromatic N) is 1. The predicted molar refractivity (Wildman–Crippen MR) is 84.5 cm³/mol. The Hall–Kier alpha value is -2.30. The van der Waals surface area contributed by atoms with Crippen LogP contribution in [0.2, 0.25) is 0 Å². The summed E-state index contributed by atoms with van der Waals surface area (Å²) in [5.74, 6) is 0. The SMILES string of the molecule is CC(C)(Cc1ccccc1)/[N+]([O-])=C\c1ccc(C(F)(F)F)cc1. The Balaban J connectivity index is 2.17. The summed E-state index contributed by atoms with van der Waals surface area (Å²) < 4.78 is 38.4. The highest BCUT2D eigenvalue weighted by Crippen LogP contribution is 2.29. The first kappa shape index (κ1) is 17.1. The summed E-state index contributed by atoms with van der Waals surface area (Å²) in [5.41, 5.74) is 0.0355. The number of rotatable bonds is 4. The molecule has 2 aromatic carbocycles. The van der Waals surface area contributed by atoms with Gasteiger partial charge in [0.2, 0.25) is 0 Å². The van der Waals surface area contributed by atoms with Crippen LogP contribution in [-0.2, 0) is 12.6 Å². The molecule has 2 aromatic rings. The van der Waals surface area contributed by atoms with Crippen molar-refractivity contribution < 1.29 is 17.9 Å². The van der Waals surface area contributed by atoms with E-state index >= 15 is 0 Å². The van der Waals surface area contributed by atoms with E-state index in [9.17, 15) is 18.4 Å². The summed E-state index contributed by atoms with van der Waals surface area (Å²) in [6.45, 7) is 3.60. The van der Waals surface area contributed by atoms with Gasteiger partial charge >= 0.3 is 6.18 Å². The molecule has 0 aliphatic rings. The third-order valence-electron chi connectivity index (χ3n) is 3.58. The zero-order chi connectivity index (χ0) is 17.1. The molecule has 0 saturated carbocycles. The summed E-state index contributed by atoms with van der Waals surface area (Å²) in [4.78, 5) is 0. The zero-order valence-electron chi connectivity index (χ0n) is 13.0. The van der Waals surface area contributed by atoms with Crippen LogP contribution in [0.3, 0.4) is 0 Å². The van der Waals surface area contributed by atoms with Crippen LogP contribution in [0.25, 0.3) is 0 Å². The number of hydrogen-bond donors (Lipinski definition) is 0. The van der Waals surface area contributed by atoms with Crippen molar-refractivity contribution in [3.63, 3.8) is 0 Å². The molecule has 0 unspecified atom stereocenters. The Labute approximate surface area is 133 Å². The topological polar surface area (TPSA) is 26.1 Å². The van der Waals surface area contributed by atoms with Crippen molar-refractivity contribution in [2.75, 3.05) is 0 Å². The van der Waals surface area contributed by atoms with E-state index in [1.54, 1.807) is 13.8 Å². The monoisotopic (exact) mass is 321 g/mol. The fraction of sp³-hybridized carbons (Fsp3) is 0.278. The van der Waals surface area contributed by atoms with Crippen molar-refractivity contribution >= 4 is 6.21 Å². The minimum Gasteiger partial charge on any atom is -0.623 e. The summed E-state index contributed by atoms with van der Waals surface area (Å²) in [6.07, 6.45) is -2.51. The molecule has 0 aliphatic heterocycles. The van der Waals surface area contributed by atoms with Gasteiger partial charge in [-0.2, -0.15) is 13.2 Å². The first-order valence-corrected chi connectivity index (χ1v) is 7.21. The molecule has 0 aliphatic carbocycles. The van der Waals surface area contributed by atoms with Crippen LogP contribution in [0, 0.1) is 5.21 Å². The summed E-state index contributed by atoms with van der Waals surface area (Å²) in [6, 6.07) is 14.1. The molecule has 23 heavy (non-hydrogen) atoms. The van der Waals surface area contributed by atoms with Gasteiger partial charge in [-0.3, -0.25) is 0 Å². The van der Waals surface area contributed by atoms with Gasteiger partial charge < -0.3 is 5.21 Å². The van der Waals surface area contributed by atoms with Crippen molar-refractivity contribution in [1.29, 1.82) is 0 Å². The highest BCUT2D eigenvalue weighted by molar-refractivity contribution is 5.75. The quantitative estimate of drug-likeness (QED) is 0.348. The number of alkyl halides is 3. The third kappa shape index (κ3) is 4.58. The molecule has 0 saturated heterocycles. The fourth-order valence-corrected chi connectivity index (χ4v) is 2.24. The van der Waals surface area contributed by atoms with Crippen LogP contribution >= 0.6 is 0 Å². The maximum atomic E-state index is 12.5. The van der Waals surface area contributed by atoms with Gasteiger partial charge in [-0.1, -0.05) is 30.3 Å². The van der Waals surface area contributed by atoms with Gasteiger partial charge in [0.25, 0.3) is 0 Å². The van der Waals surface area contributed by atoms with E-state index in [0.29, 0.717) is 12.0 Å². The summed E-state index contributed by atoms with van der Waals surface area (Å²) in [5, 5.41) is 12.4. The first-order chi connectivity index (χ1) is 10.7. The van der Waals surface area contributed by atoms with Gasteiger partial charge in [0, 0.05) is 25.8 Å². The molecule has 0 spiro atoms. The molecule has 0 N–H and O–H groups in total. The molecule has 0 amide bonds. The molecule has 0 radical (unpaired) electrons. The minimum absolute atomic E-state index is 0.439. The van der Waals surface area contributed by atoms with Crippen LogP contribution in [0.1, 0.15) is 30.5 Å². The van der Waals surface area contributed by atoms with Gasteiger partial charge in [-0.25, -0.2) is 4.74 Å². The maximum Gasteiger partial charge on any atom is 0.416 e. The molecule has 0 bridgehead atoms. The number of benzene rings is 2. The van der Waals surface area contributed by atoms with E-state index in [2.05, 4.69) is 0 Å². The zero-order valence-corrected chi connectivity index (χ0v) is 13.0. The van der Waals surface area contributed by atoms with Crippen LogP contribution < -0.4 is 0 Å². The van der Waals surface area contributed by atoms with Crippen LogP contribution in [0.4, 0.5) is 13.2 Å². The van der Waals surface area contributed by atoms with Gasteiger partial charge in [0.1, 0.15) is 0 Å². The van der Waals surface area contributed by atoms with E-state index in [0.717, 1.165) is 22.4 Å². The van der Waals surface area contributed by atoms with Gasteiger partial charge in [0.05, 0.1) is 5.56 Å². The first-order valence-electron chi connectivity index (χ1n) is 7.21. The number of hydrogen-bond acceptors (Lipinski definition) is 1. The van der Waals surface area contributed by atoms with Crippen molar-refractivity contribution in [2.24, 2.45) is 0 Å². The van der Waals surface area contributed by atoms with E-state index < -0.39 is 17.3 Å². The average molecular weight is 321 g/mol. The molecular weight excluding hydrogens is 303 g/mol. The average Bonchev–Trinajstić information content (AvgIpc) is 2.47. The largest absolute Gasteiger partial charge is 0.623 e. The van der Waals surface area contributed by atoms with E-state index in [-0.39, 0.29) is 0 Å². The lowest BCUT2D eigenvalue weighted by molar-refractivity contribution is -0.535. The third-order valence-corrected chi connectivity index (χ3v) is 3.58. The minimum atomic E-state index is -4.37. The van der Waals surface area contributed by atoms with Crippen molar-refractivity contribution in [3.8, 4) is 0 Å². The van der Waals surface area contributed by atoms with Gasteiger partial charge in [-0.15, -0.1) is 0 Å². The molecule has 2 nitrogen and oxygen atoms in total. The second-order valence-corrected chi connectivity index (χ2v) is 6.05. The van der Waals surface area contributed by atoms with Crippen LogP contribution in [0.15, 0.2) is 54.6 Å². The molecule has 0 atom stereocenters. The Morgan fingerprint density at radius 1 is 0.957 bits per heavy atom. The lowest BCUT2D eigenvalue weighted by Crippen LogP contribution is -2.35. The molecular formula is C18H18F3NO. The summed E-state index contributed by atoms with van der Waals surface area (Å²) >= 11 is 0. The Morgan fingerprint density at radius 2 is 1.52 bits per heavy atom. The Morgan fingerprint density at radius 3 is 2.04 bits per heavy atom. The molecule has 0 heterocycles. The highest BCUT2D eigenvalue weighted by atomic mass is 19.4. The lowest BCUT2D eigenvalue weighted by Gasteiger charge is -2.24. The van der Waals surface area contributed by atoms with Crippen molar-refractivity contribution in [3.05, 3.63) is 76.5 Å². The summed E-state index contributed by atoms with van der Waals surface area (Å²) in [7, 11) is 0. The fourth-order valence-electron chi connectivity index (χ4n) is 2.24. The number of halogens is 3.